The van der Waals surface area contributed by atoms with Gasteiger partial charge in [-0.05, 0) is 24.7 Å². The van der Waals surface area contributed by atoms with E-state index in [1.54, 1.807) is 7.11 Å². The Kier molecular flexibility index (Phi) is 4.33. The Morgan fingerprint density at radius 1 is 1.21 bits per heavy atom. The second-order valence-electron chi connectivity index (χ2n) is 4.71. The summed E-state index contributed by atoms with van der Waals surface area (Å²) in [7, 11) is 3.22. The van der Waals surface area contributed by atoms with Crippen LogP contribution in [0.4, 0.5) is 11.9 Å². The van der Waals surface area contributed by atoms with E-state index in [1.807, 2.05) is 0 Å². The highest BCUT2D eigenvalue weighted by Crippen LogP contribution is 2.48. The van der Waals surface area contributed by atoms with Crippen LogP contribution in [-0.2, 0) is 4.74 Å². The highest BCUT2D eigenvalue weighted by Gasteiger charge is 2.41. The van der Waals surface area contributed by atoms with Crippen molar-refractivity contribution < 1.29 is 9.47 Å². The number of nitrogen functional groups attached to an aromatic ring is 1. The summed E-state index contributed by atoms with van der Waals surface area (Å²) in [6.07, 6.45) is 3.45. The Balaban J connectivity index is 1.95. The molecule has 0 amide bonds. The molecule has 106 valence electrons. The molecule has 0 atom stereocenters. The molecule has 1 aromatic heterocycles. The van der Waals surface area contributed by atoms with Gasteiger partial charge in [-0.2, -0.15) is 15.0 Å². The third-order valence-corrected chi connectivity index (χ3v) is 3.34. The van der Waals surface area contributed by atoms with Crippen molar-refractivity contribution in [3.8, 4) is 6.01 Å². The van der Waals surface area contributed by atoms with Gasteiger partial charge in [-0.15, -0.1) is 0 Å². The van der Waals surface area contributed by atoms with Crippen molar-refractivity contribution in [3.63, 3.8) is 0 Å². The molecule has 8 heteroatoms. The second kappa shape index (κ2) is 5.98. The lowest BCUT2D eigenvalue weighted by molar-refractivity contribution is 0.174. The number of nitrogens with one attached hydrogen (secondary N) is 2. The first-order valence-electron chi connectivity index (χ1n) is 6.21. The predicted octanol–water partition coefficient (Wildman–Crippen LogP) is 0.394. The van der Waals surface area contributed by atoms with Crippen LogP contribution in [-0.4, -0.2) is 42.3 Å². The van der Waals surface area contributed by atoms with Gasteiger partial charge in [-0.3, -0.25) is 5.43 Å². The van der Waals surface area contributed by atoms with Crippen molar-refractivity contribution >= 4 is 11.9 Å². The molecule has 8 nitrogen and oxygen atoms in total. The molecule has 0 bridgehead atoms. The monoisotopic (exact) mass is 268 g/mol. The SMILES string of the molecule is COCCC1(CNc2nc(NN)nc(OC)n2)CC1. The standard InChI is InChI=1S/C11H20N6O2/c1-18-6-5-11(3-4-11)7-13-8-14-9(17-12)16-10(15-8)19-2/h3-7,12H2,1-2H3,(H2,13,14,15,16,17). The zero-order chi connectivity index (χ0) is 13.7. The molecular formula is C11H20N6O2. The van der Waals surface area contributed by atoms with E-state index in [1.165, 1.54) is 20.0 Å². The fourth-order valence-electron chi connectivity index (χ4n) is 1.87. The minimum atomic E-state index is 0.229. The largest absolute Gasteiger partial charge is 0.467 e. The molecule has 0 spiro atoms. The summed E-state index contributed by atoms with van der Waals surface area (Å²) in [5.41, 5.74) is 2.70. The molecule has 1 fully saturated rings. The van der Waals surface area contributed by atoms with Crippen LogP contribution in [0.25, 0.3) is 0 Å². The molecule has 0 radical (unpaired) electrons. The Labute approximate surface area is 112 Å². The molecule has 1 aliphatic rings. The Morgan fingerprint density at radius 3 is 2.53 bits per heavy atom. The van der Waals surface area contributed by atoms with Crippen LogP contribution in [0.2, 0.25) is 0 Å². The number of ether oxygens (including phenoxy) is 2. The quantitative estimate of drug-likeness (QED) is 0.459. The summed E-state index contributed by atoms with van der Waals surface area (Å²) in [6, 6.07) is 0.229. The van der Waals surface area contributed by atoms with E-state index in [9.17, 15) is 0 Å². The van der Waals surface area contributed by atoms with E-state index >= 15 is 0 Å². The third-order valence-electron chi connectivity index (χ3n) is 3.34. The van der Waals surface area contributed by atoms with Gasteiger partial charge >= 0.3 is 6.01 Å². The van der Waals surface area contributed by atoms with E-state index < -0.39 is 0 Å². The average molecular weight is 268 g/mol. The second-order valence-corrected chi connectivity index (χ2v) is 4.71. The van der Waals surface area contributed by atoms with E-state index in [0.717, 1.165) is 19.6 Å². The number of hydrogen-bond acceptors (Lipinski definition) is 8. The summed E-state index contributed by atoms with van der Waals surface area (Å²) in [5, 5.41) is 3.21. The summed E-state index contributed by atoms with van der Waals surface area (Å²) in [4.78, 5) is 12.2. The topological polar surface area (TPSA) is 107 Å². The Bertz CT molecular complexity index is 401. The van der Waals surface area contributed by atoms with E-state index in [0.29, 0.717) is 11.4 Å². The lowest BCUT2D eigenvalue weighted by Gasteiger charge is -2.15. The van der Waals surface area contributed by atoms with Gasteiger partial charge in [0.25, 0.3) is 0 Å². The van der Waals surface area contributed by atoms with Crippen molar-refractivity contribution in [2.24, 2.45) is 11.3 Å². The van der Waals surface area contributed by atoms with E-state index in [-0.39, 0.29) is 12.0 Å². The first kappa shape index (κ1) is 13.8. The lowest BCUT2D eigenvalue weighted by atomic mass is 10.0. The highest BCUT2D eigenvalue weighted by atomic mass is 16.5. The van der Waals surface area contributed by atoms with Gasteiger partial charge in [0, 0.05) is 20.3 Å². The molecule has 0 saturated heterocycles. The highest BCUT2D eigenvalue weighted by molar-refractivity contribution is 5.35. The van der Waals surface area contributed by atoms with Crippen LogP contribution in [0.3, 0.4) is 0 Å². The van der Waals surface area contributed by atoms with Crippen LogP contribution >= 0.6 is 0 Å². The van der Waals surface area contributed by atoms with Crippen LogP contribution in [0.15, 0.2) is 0 Å². The molecule has 1 saturated carbocycles. The average Bonchev–Trinajstić information content (AvgIpc) is 3.23. The van der Waals surface area contributed by atoms with Crippen molar-refractivity contribution in [1.29, 1.82) is 0 Å². The van der Waals surface area contributed by atoms with Crippen molar-refractivity contribution in [3.05, 3.63) is 0 Å². The van der Waals surface area contributed by atoms with Gasteiger partial charge in [0.2, 0.25) is 11.9 Å². The smallest absolute Gasteiger partial charge is 0.322 e. The van der Waals surface area contributed by atoms with E-state index in [2.05, 4.69) is 25.7 Å². The Hall–Kier alpha value is -1.67. The number of nitrogens with zero attached hydrogens (tertiary/aromatic N) is 3. The third kappa shape index (κ3) is 3.65. The van der Waals surface area contributed by atoms with Gasteiger partial charge in [-0.1, -0.05) is 0 Å². The first-order valence-corrected chi connectivity index (χ1v) is 6.21. The molecule has 1 aliphatic carbocycles. The predicted molar refractivity (Wildman–Crippen MR) is 70.8 cm³/mol. The zero-order valence-electron chi connectivity index (χ0n) is 11.3. The summed E-state index contributed by atoms with van der Waals surface area (Å²) in [5.74, 6) is 6.04. The summed E-state index contributed by atoms with van der Waals surface area (Å²) >= 11 is 0. The molecule has 1 aromatic rings. The van der Waals surface area contributed by atoms with Crippen LogP contribution in [0.1, 0.15) is 19.3 Å². The molecule has 0 aromatic carbocycles. The van der Waals surface area contributed by atoms with E-state index in [4.69, 9.17) is 15.3 Å². The van der Waals surface area contributed by atoms with Crippen molar-refractivity contribution in [2.45, 2.75) is 19.3 Å². The van der Waals surface area contributed by atoms with Crippen LogP contribution in [0.5, 0.6) is 6.01 Å². The number of aromatic nitrogens is 3. The summed E-state index contributed by atoms with van der Waals surface area (Å²) in [6.45, 7) is 1.59. The molecule has 0 aliphatic heterocycles. The number of hydrogen-bond donors (Lipinski definition) is 3. The summed E-state index contributed by atoms with van der Waals surface area (Å²) < 4.78 is 10.1. The Morgan fingerprint density at radius 2 is 1.95 bits per heavy atom. The molecule has 0 unspecified atom stereocenters. The van der Waals surface area contributed by atoms with Crippen molar-refractivity contribution in [1.82, 2.24) is 15.0 Å². The van der Waals surface area contributed by atoms with Gasteiger partial charge in [0.05, 0.1) is 7.11 Å². The normalized spacial score (nSPS) is 15.9. The van der Waals surface area contributed by atoms with Crippen molar-refractivity contribution in [2.75, 3.05) is 38.1 Å². The maximum atomic E-state index is 5.30. The molecular weight excluding hydrogens is 248 g/mol. The molecule has 19 heavy (non-hydrogen) atoms. The number of methoxy groups -OCH3 is 2. The van der Waals surface area contributed by atoms with Crippen LogP contribution < -0.4 is 21.3 Å². The molecule has 1 heterocycles. The molecule has 2 rings (SSSR count). The van der Waals surface area contributed by atoms with Gasteiger partial charge in [0.1, 0.15) is 0 Å². The maximum Gasteiger partial charge on any atom is 0.322 e. The lowest BCUT2D eigenvalue weighted by Crippen LogP contribution is -2.20. The fourth-order valence-corrected chi connectivity index (χ4v) is 1.87. The van der Waals surface area contributed by atoms with Crippen LogP contribution in [0, 0.1) is 5.41 Å². The fraction of sp³-hybridized carbons (Fsp3) is 0.727. The van der Waals surface area contributed by atoms with Gasteiger partial charge in [-0.25, -0.2) is 5.84 Å². The number of nitrogens with two attached hydrogens (primary N) is 1. The number of hydrazine groups is 1. The first-order chi connectivity index (χ1) is 9.21. The zero-order valence-corrected chi connectivity index (χ0v) is 11.3. The van der Waals surface area contributed by atoms with Gasteiger partial charge in [0.15, 0.2) is 0 Å². The minimum Gasteiger partial charge on any atom is -0.467 e. The number of rotatable bonds is 8. The molecule has 4 N–H and O–H groups in total. The number of anilines is 2. The van der Waals surface area contributed by atoms with Gasteiger partial charge < -0.3 is 14.8 Å². The maximum absolute atomic E-state index is 5.30. The minimum absolute atomic E-state index is 0.229.